The van der Waals surface area contributed by atoms with E-state index in [9.17, 15) is 14.4 Å². The zero-order valence-corrected chi connectivity index (χ0v) is 17.9. The Labute approximate surface area is 185 Å². The van der Waals surface area contributed by atoms with Crippen LogP contribution in [0, 0.1) is 0 Å². The van der Waals surface area contributed by atoms with Gasteiger partial charge in [0.05, 0.1) is 34.4 Å². The summed E-state index contributed by atoms with van der Waals surface area (Å²) in [5, 5.41) is 11.5. The number of piperidine rings is 1. The van der Waals surface area contributed by atoms with Gasteiger partial charge in [0, 0.05) is 31.9 Å². The number of rotatable bonds is 2. The molecule has 32 heavy (non-hydrogen) atoms. The second-order valence-electron chi connectivity index (χ2n) is 8.63. The predicted octanol–water partition coefficient (Wildman–Crippen LogP) is 2.31. The molecule has 2 aromatic carbocycles. The number of benzene rings is 2. The van der Waals surface area contributed by atoms with Crippen molar-refractivity contribution in [1.82, 2.24) is 15.1 Å². The Morgan fingerprint density at radius 1 is 1.03 bits per heavy atom. The highest BCUT2D eigenvalue weighted by atomic mass is 16.2. The fourth-order valence-corrected chi connectivity index (χ4v) is 4.84. The molecule has 164 valence electrons. The number of aromatic nitrogens is 2. The number of aromatic amines is 1. The zero-order valence-electron chi connectivity index (χ0n) is 17.9. The highest BCUT2D eigenvalue weighted by Crippen LogP contribution is 2.39. The highest BCUT2D eigenvalue weighted by molar-refractivity contribution is 5.96. The molecule has 2 amide bonds. The van der Waals surface area contributed by atoms with Crippen molar-refractivity contribution in [3.05, 3.63) is 64.6 Å². The first-order chi connectivity index (χ1) is 15.5. The van der Waals surface area contributed by atoms with Crippen molar-refractivity contribution in [2.24, 2.45) is 0 Å². The molecule has 8 heteroatoms. The van der Waals surface area contributed by atoms with Crippen LogP contribution in [-0.4, -0.2) is 52.1 Å². The van der Waals surface area contributed by atoms with E-state index in [1.54, 1.807) is 19.1 Å². The third-order valence-corrected chi connectivity index (χ3v) is 6.60. The molecule has 0 saturated carbocycles. The predicted molar refractivity (Wildman–Crippen MR) is 123 cm³/mol. The maximum atomic E-state index is 13.0. The minimum Gasteiger partial charge on any atom is -0.376 e. The molecule has 0 unspecified atom stereocenters. The number of carbonyl (C=O) groups excluding carboxylic acids is 2. The summed E-state index contributed by atoms with van der Waals surface area (Å²) in [7, 11) is 0. The van der Waals surface area contributed by atoms with Crippen molar-refractivity contribution in [3.63, 3.8) is 0 Å². The standard InChI is InChI=1S/C24H25N5O3/c1-16(30)29-15-24(25-19-8-4-5-9-21(19)29)10-12-28(13-11-24)22(31)14-20-17-6-2-3-7-18(17)23(32)27-26-20/h2-9,25H,10-15H2,1H3,(H,27,32). The summed E-state index contributed by atoms with van der Waals surface area (Å²) in [5.74, 6) is 0.0111. The molecule has 1 spiro atoms. The van der Waals surface area contributed by atoms with E-state index in [2.05, 4.69) is 15.5 Å². The first kappa shape index (κ1) is 20.2. The zero-order chi connectivity index (χ0) is 22.3. The Kier molecular flexibility index (Phi) is 4.92. The van der Waals surface area contributed by atoms with Crippen LogP contribution in [0.15, 0.2) is 53.3 Å². The van der Waals surface area contributed by atoms with Crippen LogP contribution >= 0.6 is 0 Å². The summed E-state index contributed by atoms with van der Waals surface area (Å²) in [6.07, 6.45) is 1.63. The molecule has 1 fully saturated rings. The van der Waals surface area contributed by atoms with E-state index in [0.717, 1.165) is 24.2 Å². The molecule has 3 aromatic rings. The second-order valence-corrected chi connectivity index (χ2v) is 8.63. The molecular weight excluding hydrogens is 406 g/mol. The van der Waals surface area contributed by atoms with Crippen molar-refractivity contribution in [1.29, 1.82) is 0 Å². The lowest BCUT2D eigenvalue weighted by Crippen LogP contribution is -2.59. The first-order valence-corrected chi connectivity index (χ1v) is 10.9. The molecule has 2 aliphatic heterocycles. The molecule has 0 aliphatic carbocycles. The number of H-pyrrole nitrogens is 1. The minimum absolute atomic E-state index is 0.0100. The van der Waals surface area contributed by atoms with E-state index in [4.69, 9.17) is 0 Å². The molecule has 3 heterocycles. The lowest BCUT2D eigenvalue weighted by atomic mass is 9.84. The average Bonchev–Trinajstić information content (AvgIpc) is 2.81. The summed E-state index contributed by atoms with van der Waals surface area (Å²) in [5.41, 5.74) is 1.94. The quantitative estimate of drug-likeness (QED) is 0.649. The van der Waals surface area contributed by atoms with Crippen LogP contribution in [0.4, 0.5) is 11.4 Å². The van der Waals surface area contributed by atoms with Crippen molar-refractivity contribution in [3.8, 4) is 0 Å². The summed E-state index contributed by atoms with van der Waals surface area (Å²) in [4.78, 5) is 41.0. The fourth-order valence-electron chi connectivity index (χ4n) is 4.84. The van der Waals surface area contributed by atoms with Crippen LogP contribution < -0.4 is 15.8 Å². The Hall–Kier alpha value is -3.68. The lowest BCUT2D eigenvalue weighted by molar-refractivity contribution is -0.132. The smallest absolute Gasteiger partial charge is 0.272 e. The molecule has 8 nitrogen and oxygen atoms in total. The molecule has 5 rings (SSSR count). The van der Waals surface area contributed by atoms with Crippen LogP contribution in [0.3, 0.4) is 0 Å². The van der Waals surface area contributed by atoms with Gasteiger partial charge in [-0.25, -0.2) is 5.10 Å². The largest absolute Gasteiger partial charge is 0.376 e. The fraction of sp³-hybridized carbons (Fsp3) is 0.333. The number of amides is 2. The van der Waals surface area contributed by atoms with Gasteiger partial charge >= 0.3 is 0 Å². The van der Waals surface area contributed by atoms with Gasteiger partial charge in [-0.05, 0) is 31.0 Å². The van der Waals surface area contributed by atoms with Crippen LogP contribution in [-0.2, 0) is 16.0 Å². The number of para-hydroxylation sites is 2. The van der Waals surface area contributed by atoms with Gasteiger partial charge in [-0.15, -0.1) is 0 Å². The van der Waals surface area contributed by atoms with E-state index in [-0.39, 0.29) is 29.3 Å². The summed E-state index contributed by atoms with van der Waals surface area (Å²) in [6, 6.07) is 15.1. The maximum absolute atomic E-state index is 13.0. The van der Waals surface area contributed by atoms with Gasteiger partial charge in [0.2, 0.25) is 11.8 Å². The molecule has 0 atom stereocenters. The van der Waals surface area contributed by atoms with E-state index in [0.29, 0.717) is 36.1 Å². The number of carbonyl (C=O) groups is 2. The van der Waals surface area contributed by atoms with Gasteiger partial charge in [-0.1, -0.05) is 30.3 Å². The van der Waals surface area contributed by atoms with E-state index in [1.807, 2.05) is 46.2 Å². The lowest BCUT2D eigenvalue weighted by Gasteiger charge is -2.49. The third kappa shape index (κ3) is 3.51. The Bertz CT molecular complexity index is 1260. The Morgan fingerprint density at radius 2 is 1.72 bits per heavy atom. The molecule has 0 bridgehead atoms. The number of likely N-dealkylation sites (tertiary alicyclic amines) is 1. The van der Waals surface area contributed by atoms with Crippen LogP contribution in [0.5, 0.6) is 0 Å². The van der Waals surface area contributed by atoms with Crippen LogP contribution in [0.25, 0.3) is 10.8 Å². The van der Waals surface area contributed by atoms with Crippen molar-refractivity contribution in [2.45, 2.75) is 31.7 Å². The summed E-state index contributed by atoms with van der Waals surface area (Å²) < 4.78 is 0. The van der Waals surface area contributed by atoms with Gasteiger partial charge in [0.1, 0.15) is 0 Å². The third-order valence-electron chi connectivity index (χ3n) is 6.60. The van der Waals surface area contributed by atoms with Crippen LogP contribution in [0.2, 0.25) is 0 Å². The summed E-state index contributed by atoms with van der Waals surface area (Å²) >= 11 is 0. The summed E-state index contributed by atoms with van der Waals surface area (Å²) in [6.45, 7) is 3.38. The minimum atomic E-state index is -0.254. The first-order valence-electron chi connectivity index (χ1n) is 10.9. The second kappa shape index (κ2) is 7.78. The SMILES string of the molecule is CC(=O)N1CC2(CCN(C(=O)Cc3n[nH]c(=O)c4ccccc34)CC2)Nc2ccccc21. The van der Waals surface area contributed by atoms with Gasteiger partial charge in [-0.2, -0.15) is 5.10 Å². The molecule has 2 N–H and O–H groups in total. The number of hydrogen-bond acceptors (Lipinski definition) is 5. The Morgan fingerprint density at radius 3 is 2.47 bits per heavy atom. The van der Waals surface area contributed by atoms with Gasteiger partial charge in [0.15, 0.2) is 0 Å². The van der Waals surface area contributed by atoms with Crippen LogP contribution in [0.1, 0.15) is 25.5 Å². The van der Waals surface area contributed by atoms with Gasteiger partial charge < -0.3 is 15.1 Å². The number of anilines is 2. The number of nitrogens with one attached hydrogen (secondary N) is 2. The monoisotopic (exact) mass is 431 g/mol. The topological polar surface area (TPSA) is 98.4 Å². The van der Waals surface area contributed by atoms with Gasteiger partial charge in [-0.3, -0.25) is 14.4 Å². The van der Waals surface area contributed by atoms with E-state index in [1.165, 1.54) is 0 Å². The van der Waals surface area contributed by atoms with Crippen molar-refractivity contribution < 1.29 is 9.59 Å². The number of nitrogens with zero attached hydrogens (tertiary/aromatic N) is 3. The molecule has 0 radical (unpaired) electrons. The van der Waals surface area contributed by atoms with E-state index >= 15 is 0 Å². The molecule has 2 aliphatic rings. The molecular formula is C24H25N5O3. The van der Waals surface area contributed by atoms with Gasteiger partial charge in [0.25, 0.3) is 5.56 Å². The number of hydrogen-bond donors (Lipinski definition) is 2. The van der Waals surface area contributed by atoms with E-state index < -0.39 is 0 Å². The molecule has 1 saturated heterocycles. The maximum Gasteiger partial charge on any atom is 0.272 e. The van der Waals surface area contributed by atoms with Crippen molar-refractivity contribution >= 4 is 34.0 Å². The number of fused-ring (bicyclic) bond motifs is 2. The molecule has 1 aromatic heterocycles. The van der Waals surface area contributed by atoms with Crippen molar-refractivity contribution in [2.75, 3.05) is 29.9 Å². The normalized spacial score (nSPS) is 17.2. The highest BCUT2D eigenvalue weighted by Gasteiger charge is 2.41. The average molecular weight is 431 g/mol. The Balaban J connectivity index is 1.31.